The number of aromatic nitrogens is 1. The SMILES string of the molecule is CC.CCCN(CCC)c1cc(N)nc(OCCN2CCNCC2)c1. The van der Waals surface area contributed by atoms with E-state index in [4.69, 9.17) is 10.5 Å². The molecule has 1 fully saturated rings. The van der Waals surface area contributed by atoms with Crippen LogP contribution >= 0.6 is 0 Å². The fourth-order valence-corrected chi connectivity index (χ4v) is 2.89. The molecule has 2 heterocycles. The largest absolute Gasteiger partial charge is 0.476 e. The zero-order chi connectivity index (χ0) is 18.5. The van der Waals surface area contributed by atoms with Crippen LogP contribution in [0.15, 0.2) is 12.1 Å². The molecular weight excluding hydrogens is 314 g/mol. The average molecular weight is 352 g/mol. The third kappa shape index (κ3) is 7.92. The van der Waals surface area contributed by atoms with Crippen LogP contribution in [-0.4, -0.2) is 62.3 Å². The van der Waals surface area contributed by atoms with Crippen molar-refractivity contribution in [3.63, 3.8) is 0 Å². The highest BCUT2D eigenvalue weighted by Gasteiger charge is 2.11. The zero-order valence-electron chi connectivity index (χ0n) is 16.6. The third-order valence-corrected chi connectivity index (χ3v) is 4.03. The first-order chi connectivity index (χ1) is 12.2. The standard InChI is InChI=1S/C17H31N5O.C2H6/c1-3-7-22(8-4-2)15-13-16(18)20-17(14-15)23-12-11-21-9-5-19-6-10-21;1-2/h13-14,19H,3-12H2,1-2H3,(H2,18,20);1-2H3. The Hall–Kier alpha value is -1.53. The minimum absolute atomic E-state index is 0.525. The Morgan fingerprint density at radius 2 is 1.80 bits per heavy atom. The summed E-state index contributed by atoms with van der Waals surface area (Å²) in [6.45, 7) is 16.3. The predicted molar refractivity (Wildman–Crippen MR) is 108 cm³/mol. The minimum atomic E-state index is 0.525. The summed E-state index contributed by atoms with van der Waals surface area (Å²) in [6, 6.07) is 3.95. The lowest BCUT2D eigenvalue weighted by Crippen LogP contribution is -2.44. The zero-order valence-corrected chi connectivity index (χ0v) is 16.6. The summed E-state index contributed by atoms with van der Waals surface area (Å²) in [5.41, 5.74) is 7.08. The van der Waals surface area contributed by atoms with Gasteiger partial charge in [-0.05, 0) is 12.8 Å². The highest BCUT2D eigenvalue weighted by atomic mass is 16.5. The van der Waals surface area contributed by atoms with E-state index in [1.165, 1.54) is 0 Å². The lowest BCUT2D eigenvalue weighted by atomic mass is 10.3. The van der Waals surface area contributed by atoms with Gasteiger partial charge in [0.1, 0.15) is 12.4 Å². The molecule has 144 valence electrons. The van der Waals surface area contributed by atoms with Crippen molar-refractivity contribution in [2.24, 2.45) is 0 Å². The third-order valence-electron chi connectivity index (χ3n) is 4.03. The second-order valence-electron chi connectivity index (χ2n) is 6.02. The quantitative estimate of drug-likeness (QED) is 0.713. The molecule has 1 aliphatic heterocycles. The van der Waals surface area contributed by atoms with Crippen LogP contribution in [0.1, 0.15) is 40.5 Å². The summed E-state index contributed by atoms with van der Waals surface area (Å²) < 4.78 is 5.86. The Morgan fingerprint density at radius 1 is 1.16 bits per heavy atom. The molecule has 0 saturated carbocycles. The van der Waals surface area contributed by atoms with E-state index >= 15 is 0 Å². The molecule has 6 heteroatoms. The smallest absolute Gasteiger partial charge is 0.217 e. The van der Waals surface area contributed by atoms with Gasteiger partial charge in [0.25, 0.3) is 0 Å². The van der Waals surface area contributed by atoms with Crippen molar-refractivity contribution in [2.45, 2.75) is 40.5 Å². The molecule has 2 rings (SSSR count). The Bertz CT molecular complexity index is 457. The summed E-state index contributed by atoms with van der Waals surface area (Å²) >= 11 is 0. The van der Waals surface area contributed by atoms with Crippen LogP contribution < -0.4 is 20.7 Å². The fourth-order valence-electron chi connectivity index (χ4n) is 2.89. The van der Waals surface area contributed by atoms with E-state index in [1.807, 2.05) is 26.0 Å². The Balaban J connectivity index is 0.00000151. The van der Waals surface area contributed by atoms with Gasteiger partial charge in [-0.25, -0.2) is 0 Å². The van der Waals surface area contributed by atoms with Crippen molar-refractivity contribution < 1.29 is 4.74 Å². The molecular formula is C19H37N5O. The fraction of sp³-hybridized carbons (Fsp3) is 0.737. The highest BCUT2D eigenvalue weighted by molar-refractivity contribution is 5.55. The topological polar surface area (TPSA) is 66.6 Å². The Labute approximate surface area is 153 Å². The van der Waals surface area contributed by atoms with Crippen molar-refractivity contribution in [1.82, 2.24) is 15.2 Å². The number of piperazine rings is 1. The minimum Gasteiger partial charge on any atom is -0.476 e. The van der Waals surface area contributed by atoms with Crippen LogP contribution in [0.3, 0.4) is 0 Å². The second-order valence-corrected chi connectivity index (χ2v) is 6.02. The van der Waals surface area contributed by atoms with E-state index in [-0.39, 0.29) is 0 Å². The number of nitrogens with two attached hydrogens (primary N) is 1. The van der Waals surface area contributed by atoms with Crippen molar-refractivity contribution in [3.8, 4) is 5.88 Å². The maximum Gasteiger partial charge on any atom is 0.217 e. The summed E-state index contributed by atoms with van der Waals surface area (Å²) in [5.74, 6) is 1.16. The molecule has 1 saturated heterocycles. The molecule has 0 amide bonds. The number of nitrogens with one attached hydrogen (secondary N) is 1. The molecule has 25 heavy (non-hydrogen) atoms. The van der Waals surface area contributed by atoms with Crippen molar-refractivity contribution in [3.05, 3.63) is 12.1 Å². The van der Waals surface area contributed by atoms with Gasteiger partial charge >= 0.3 is 0 Å². The molecule has 1 aromatic rings. The van der Waals surface area contributed by atoms with E-state index < -0.39 is 0 Å². The number of pyridine rings is 1. The Kier molecular flexibility index (Phi) is 11.0. The van der Waals surface area contributed by atoms with Crippen LogP contribution in [0.5, 0.6) is 5.88 Å². The summed E-state index contributed by atoms with van der Waals surface area (Å²) in [7, 11) is 0. The van der Waals surface area contributed by atoms with Crippen molar-refractivity contribution >= 4 is 11.5 Å². The van der Waals surface area contributed by atoms with Gasteiger partial charge in [-0.1, -0.05) is 27.7 Å². The van der Waals surface area contributed by atoms with E-state index in [0.717, 1.165) is 64.3 Å². The van der Waals surface area contributed by atoms with Gasteiger partial charge in [-0.15, -0.1) is 0 Å². The summed E-state index contributed by atoms with van der Waals surface area (Å²) in [6.07, 6.45) is 2.23. The predicted octanol–water partition coefficient (Wildman–Crippen LogP) is 2.60. The molecule has 6 nitrogen and oxygen atoms in total. The van der Waals surface area contributed by atoms with Gasteiger partial charge in [-0.2, -0.15) is 4.98 Å². The van der Waals surface area contributed by atoms with Crippen LogP contribution in [0, 0.1) is 0 Å². The van der Waals surface area contributed by atoms with Gasteiger partial charge in [-0.3, -0.25) is 4.90 Å². The van der Waals surface area contributed by atoms with E-state index in [0.29, 0.717) is 18.3 Å². The monoisotopic (exact) mass is 351 g/mol. The summed E-state index contributed by atoms with van der Waals surface area (Å²) in [4.78, 5) is 9.07. The van der Waals surface area contributed by atoms with Crippen LogP contribution in [-0.2, 0) is 0 Å². The molecule has 0 radical (unpaired) electrons. The first kappa shape index (κ1) is 21.5. The van der Waals surface area contributed by atoms with Crippen LogP contribution in [0.2, 0.25) is 0 Å². The number of ether oxygens (including phenoxy) is 1. The maximum absolute atomic E-state index is 5.97. The molecule has 0 atom stereocenters. The van der Waals surface area contributed by atoms with Crippen LogP contribution in [0.4, 0.5) is 11.5 Å². The number of rotatable bonds is 9. The Morgan fingerprint density at radius 3 is 2.40 bits per heavy atom. The van der Waals surface area contributed by atoms with Crippen molar-refractivity contribution in [1.29, 1.82) is 0 Å². The lowest BCUT2D eigenvalue weighted by Gasteiger charge is -2.27. The van der Waals surface area contributed by atoms with Crippen LogP contribution in [0.25, 0.3) is 0 Å². The normalized spacial score (nSPS) is 14.6. The molecule has 0 aliphatic carbocycles. The molecule has 0 aromatic carbocycles. The molecule has 3 N–H and O–H groups in total. The molecule has 0 bridgehead atoms. The van der Waals surface area contributed by atoms with E-state index in [2.05, 4.69) is 33.9 Å². The lowest BCUT2D eigenvalue weighted by molar-refractivity contribution is 0.188. The van der Waals surface area contributed by atoms with E-state index in [1.54, 1.807) is 0 Å². The van der Waals surface area contributed by atoms with Gasteiger partial charge in [0.05, 0.1) is 0 Å². The molecule has 0 spiro atoms. The van der Waals surface area contributed by atoms with Gasteiger partial charge in [0.2, 0.25) is 5.88 Å². The highest BCUT2D eigenvalue weighted by Crippen LogP contribution is 2.23. The number of nitrogens with zero attached hydrogens (tertiary/aromatic N) is 3. The number of hydrogen-bond donors (Lipinski definition) is 2. The van der Waals surface area contributed by atoms with Crippen molar-refractivity contribution in [2.75, 3.05) is 63.1 Å². The number of anilines is 2. The van der Waals surface area contributed by atoms with E-state index in [9.17, 15) is 0 Å². The summed E-state index contributed by atoms with van der Waals surface area (Å²) in [5, 5.41) is 3.36. The average Bonchev–Trinajstić information content (AvgIpc) is 2.64. The second kappa shape index (κ2) is 12.8. The van der Waals surface area contributed by atoms with Gasteiger partial charge < -0.3 is 20.7 Å². The molecule has 1 aromatic heterocycles. The molecule has 1 aliphatic rings. The number of nitrogen functional groups attached to an aromatic ring is 1. The molecule has 0 unspecified atom stereocenters. The van der Waals surface area contributed by atoms with Gasteiger partial charge in [0, 0.05) is 63.6 Å². The first-order valence-corrected chi connectivity index (χ1v) is 9.81. The van der Waals surface area contributed by atoms with Gasteiger partial charge in [0.15, 0.2) is 0 Å². The number of hydrogen-bond acceptors (Lipinski definition) is 6. The first-order valence-electron chi connectivity index (χ1n) is 9.81. The maximum atomic E-state index is 5.97.